The molecule has 148 valence electrons. The fourth-order valence-electron chi connectivity index (χ4n) is 2.67. The maximum atomic E-state index is 12.1. The van der Waals surface area contributed by atoms with Crippen LogP contribution in [0.15, 0.2) is 53.1 Å². The number of aromatic nitrogens is 2. The molecule has 2 heterocycles. The van der Waals surface area contributed by atoms with Crippen LogP contribution in [0.3, 0.4) is 0 Å². The summed E-state index contributed by atoms with van der Waals surface area (Å²) in [5, 5.41) is 3.62. The molecule has 2 aromatic heterocycles. The van der Waals surface area contributed by atoms with Crippen LogP contribution in [0.25, 0.3) is 0 Å². The third-order valence-electron chi connectivity index (χ3n) is 4.10. The molecule has 0 atom stereocenters. The van der Waals surface area contributed by atoms with Gasteiger partial charge >= 0.3 is 0 Å². The largest absolute Gasteiger partial charge is 0.467 e. The third kappa shape index (κ3) is 6.17. The van der Waals surface area contributed by atoms with Gasteiger partial charge in [0.1, 0.15) is 11.6 Å². The van der Waals surface area contributed by atoms with Crippen molar-refractivity contribution < 1.29 is 13.9 Å². The number of methoxy groups -OCH3 is 1. The van der Waals surface area contributed by atoms with Gasteiger partial charge < -0.3 is 19.4 Å². The van der Waals surface area contributed by atoms with E-state index in [1.807, 2.05) is 35.2 Å². The number of rotatable bonds is 11. The van der Waals surface area contributed by atoms with Crippen molar-refractivity contribution in [1.29, 1.82) is 0 Å². The van der Waals surface area contributed by atoms with E-state index in [4.69, 9.17) is 9.15 Å². The monoisotopic (exact) mass is 400 g/mol. The Labute approximate surface area is 168 Å². The van der Waals surface area contributed by atoms with Crippen molar-refractivity contribution in [3.05, 3.63) is 65.9 Å². The standard InChI is InChI=1S/C20H24N4O3S/c1-26-13-10-21-19(25)9-11-24(15-17-8-5-12-27-17)20-22-18(23-28-20)14-16-6-3-2-4-7-16/h2-8,12H,9-11,13-15H2,1H3,(H,21,25). The van der Waals surface area contributed by atoms with Crippen LogP contribution in [-0.4, -0.2) is 42.1 Å². The molecule has 7 nitrogen and oxygen atoms in total. The first-order chi connectivity index (χ1) is 13.7. The zero-order valence-electron chi connectivity index (χ0n) is 15.8. The smallest absolute Gasteiger partial charge is 0.221 e. The molecule has 0 unspecified atom stereocenters. The van der Waals surface area contributed by atoms with Gasteiger partial charge in [0.15, 0.2) is 0 Å². The summed E-state index contributed by atoms with van der Waals surface area (Å²) in [6.45, 7) is 2.08. The van der Waals surface area contributed by atoms with Crippen LogP contribution in [0.5, 0.6) is 0 Å². The molecular formula is C20H24N4O3S. The van der Waals surface area contributed by atoms with E-state index in [0.717, 1.165) is 16.7 Å². The number of hydrogen-bond donors (Lipinski definition) is 1. The maximum absolute atomic E-state index is 12.1. The fraction of sp³-hybridized carbons (Fsp3) is 0.350. The molecule has 0 aliphatic carbocycles. The number of anilines is 1. The third-order valence-corrected chi connectivity index (χ3v) is 4.91. The van der Waals surface area contributed by atoms with Crippen LogP contribution in [0, 0.1) is 0 Å². The van der Waals surface area contributed by atoms with Crippen LogP contribution < -0.4 is 10.2 Å². The number of furan rings is 1. The molecule has 0 bridgehead atoms. The Hall–Kier alpha value is -2.71. The van der Waals surface area contributed by atoms with E-state index in [0.29, 0.717) is 39.1 Å². The molecular weight excluding hydrogens is 376 g/mol. The Bertz CT molecular complexity index is 836. The molecule has 1 aromatic carbocycles. The lowest BCUT2D eigenvalue weighted by Gasteiger charge is -2.20. The van der Waals surface area contributed by atoms with E-state index >= 15 is 0 Å². The van der Waals surface area contributed by atoms with Crippen molar-refractivity contribution in [2.75, 3.05) is 31.7 Å². The first-order valence-electron chi connectivity index (χ1n) is 9.14. The molecule has 0 aliphatic rings. The molecule has 28 heavy (non-hydrogen) atoms. The van der Waals surface area contributed by atoms with E-state index in [9.17, 15) is 4.79 Å². The Morgan fingerprint density at radius 1 is 1.25 bits per heavy atom. The van der Waals surface area contributed by atoms with E-state index < -0.39 is 0 Å². The second-order valence-corrected chi connectivity index (χ2v) is 6.98. The summed E-state index contributed by atoms with van der Waals surface area (Å²) in [6, 6.07) is 13.9. The highest BCUT2D eigenvalue weighted by molar-refractivity contribution is 7.09. The normalized spacial score (nSPS) is 10.8. The van der Waals surface area contributed by atoms with Crippen LogP contribution >= 0.6 is 11.5 Å². The topological polar surface area (TPSA) is 80.5 Å². The average Bonchev–Trinajstić information content (AvgIpc) is 3.38. The second kappa shape index (κ2) is 10.6. The summed E-state index contributed by atoms with van der Waals surface area (Å²) in [5.41, 5.74) is 1.17. The van der Waals surface area contributed by atoms with Crippen LogP contribution in [0.4, 0.5) is 5.13 Å². The molecule has 0 spiro atoms. The van der Waals surface area contributed by atoms with Crippen molar-refractivity contribution in [2.24, 2.45) is 0 Å². The minimum absolute atomic E-state index is 0.0180. The number of carbonyl (C=O) groups excluding carboxylic acids is 1. The Morgan fingerprint density at radius 3 is 2.86 bits per heavy atom. The summed E-state index contributed by atoms with van der Waals surface area (Å²) < 4.78 is 14.9. The highest BCUT2D eigenvalue weighted by Crippen LogP contribution is 2.21. The van der Waals surface area contributed by atoms with Crippen LogP contribution in [0.1, 0.15) is 23.6 Å². The zero-order valence-corrected chi connectivity index (χ0v) is 16.7. The SMILES string of the molecule is COCCNC(=O)CCN(Cc1ccco1)c1nc(Cc2ccccc2)ns1. The predicted octanol–water partition coefficient (Wildman–Crippen LogP) is 2.88. The van der Waals surface area contributed by atoms with Gasteiger partial charge in [0, 0.05) is 44.6 Å². The molecule has 0 aliphatic heterocycles. The van der Waals surface area contributed by atoms with Crippen LogP contribution in [-0.2, 0) is 22.5 Å². The minimum atomic E-state index is -0.0180. The highest BCUT2D eigenvalue weighted by atomic mass is 32.1. The van der Waals surface area contributed by atoms with E-state index in [2.05, 4.69) is 26.8 Å². The van der Waals surface area contributed by atoms with E-state index in [-0.39, 0.29) is 5.91 Å². The van der Waals surface area contributed by atoms with Gasteiger partial charge in [-0.15, -0.1) is 0 Å². The molecule has 0 radical (unpaired) electrons. The van der Waals surface area contributed by atoms with Crippen molar-refractivity contribution in [3.63, 3.8) is 0 Å². The summed E-state index contributed by atoms with van der Waals surface area (Å²) in [5.74, 6) is 1.58. The number of hydrogen-bond acceptors (Lipinski definition) is 7. The molecule has 0 saturated heterocycles. The molecule has 0 saturated carbocycles. The second-order valence-electron chi connectivity index (χ2n) is 6.25. The summed E-state index contributed by atoms with van der Waals surface area (Å²) in [7, 11) is 1.61. The van der Waals surface area contributed by atoms with E-state index in [1.165, 1.54) is 17.1 Å². The number of nitrogens with one attached hydrogen (secondary N) is 1. The van der Waals surface area contributed by atoms with Crippen molar-refractivity contribution in [2.45, 2.75) is 19.4 Å². The van der Waals surface area contributed by atoms with Crippen LogP contribution in [0.2, 0.25) is 0 Å². The van der Waals surface area contributed by atoms with Gasteiger partial charge in [0.2, 0.25) is 11.0 Å². The Balaban J connectivity index is 1.64. The summed E-state index contributed by atoms with van der Waals surface area (Å²) in [4.78, 5) is 18.8. The summed E-state index contributed by atoms with van der Waals surface area (Å²) in [6.07, 6.45) is 2.69. The first kappa shape index (κ1) is 20.0. The van der Waals surface area contributed by atoms with E-state index in [1.54, 1.807) is 13.4 Å². The van der Waals surface area contributed by atoms with Gasteiger partial charge in [-0.2, -0.15) is 4.37 Å². The van der Waals surface area contributed by atoms with Gasteiger partial charge in [0.05, 0.1) is 19.4 Å². The molecule has 3 rings (SSSR count). The number of benzene rings is 1. The lowest BCUT2D eigenvalue weighted by molar-refractivity contribution is -0.121. The molecule has 1 N–H and O–H groups in total. The Kier molecular flexibility index (Phi) is 7.57. The number of carbonyl (C=O) groups is 1. The predicted molar refractivity (Wildman–Crippen MR) is 108 cm³/mol. The van der Waals surface area contributed by atoms with Gasteiger partial charge in [0.25, 0.3) is 0 Å². The first-order valence-corrected chi connectivity index (χ1v) is 9.91. The van der Waals surface area contributed by atoms with Gasteiger partial charge in [-0.05, 0) is 17.7 Å². The van der Waals surface area contributed by atoms with Crippen molar-refractivity contribution in [3.8, 4) is 0 Å². The summed E-state index contributed by atoms with van der Waals surface area (Å²) >= 11 is 1.34. The number of ether oxygens (including phenoxy) is 1. The average molecular weight is 401 g/mol. The number of nitrogens with zero attached hydrogens (tertiary/aromatic N) is 3. The minimum Gasteiger partial charge on any atom is -0.467 e. The number of amides is 1. The van der Waals surface area contributed by atoms with Crippen molar-refractivity contribution >= 4 is 22.6 Å². The lowest BCUT2D eigenvalue weighted by Crippen LogP contribution is -2.32. The maximum Gasteiger partial charge on any atom is 0.221 e. The molecule has 1 amide bonds. The molecule has 3 aromatic rings. The fourth-order valence-corrected chi connectivity index (χ4v) is 3.38. The molecule has 0 fully saturated rings. The van der Waals surface area contributed by atoms with Gasteiger partial charge in [-0.25, -0.2) is 4.98 Å². The van der Waals surface area contributed by atoms with Gasteiger partial charge in [-0.3, -0.25) is 4.79 Å². The molecule has 8 heteroatoms. The van der Waals surface area contributed by atoms with Gasteiger partial charge in [-0.1, -0.05) is 30.3 Å². The highest BCUT2D eigenvalue weighted by Gasteiger charge is 2.16. The lowest BCUT2D eigenvalue weighted by atomic mass is 10.1. The quantitative estimate of drug-likeness (QED) is 0.499. The Morgan fingerprint density at radius 2 is 2.11 bits per heavy atom. The van der Waals surface area contributed by atoms with Crippen molar-refractivity contribution in [1.82, 2.24) is 14.7 Å². The zero-order chi connectivity index (χ0) is 19.6.